The first kappa shape index (κ1) is 11.6. The Morgan fingerprint density at radius 2 is 1.00 bits per heavy atom. The van der Waals surface area contributed by atoms with Crippen molar-refractivity contribution in [2.24, 2.45) is 0 Å². The highest BCUT2D eigenvalue weighted by atomic mass is 14.0. The van der Waals surface area contributed by atoms with Crippen molar-refractivity contribution in [3.63, 3.8) is 0 Å². The second kappa shape index (κ2) is 9.05. The summed E-state index contributed by atoms with van der Waals surface area (Å²) in [4.78, 5) is 0. The fourth-order valence-corrected chi connectivity index (χ4v) is 1.74. The molecular formula is C14H23. The van der Waals surface area contributed by atoms with E-state index in [0.717, 1.165) is 0 Å². The molecule has 1 radical (unpaired) electrons. The largest absolute Gasteiger partial charge is 0.0885 e. The SMILES string of the molecule is [CH]1CC=CCCCCC=CCCCC1. The van der Waals surface area contributed by atoms with Crippen molar-refractivity contribution in [1.82, 2.24) is 0 Å². The predicted octanol–water partition coefficient (Wildman–Crippen LogP) is 4.83. The monoisotopic (exact) mass is 191 g/mol. The Bertz CT molecular complexity index is 145. The number of rotatable bonds is 0. The minimum atomic E-state index is 1.18. The minimum absolute atomic E-state index is 1.18. The van der Waals surface area contributed by atoms with Gasteiger partial charge in [-0.15, -0.1) is 0 Å². The molecule has 1 aliphatic rings. The van der Waals surface area contributed by atoms with Gasteiger partial charge in [0.2, 0.25) is 0 Å². The summed E-state index contributed by atoms with van der Waals surface area (Å²) >= 11 is 0. The van der Waals surface area contributed by atoms with Crippen LogP contribution in [0, 0.1) is 6.42 Å². The van der Waals surface area contributed by atoms with E-state index in [2.05, 4.69) is 30.7 Å². The topological polar surface area (TPSA) is 0 Å². The zero-order valence-corrected chi connectivity index (χ0v) is 9.25. The highest BCUT2D eigenvalue weighted by Crippen LogP contribution is 2.08. The van der Waals surface area contributed by atoms with E-state index in [1.807, 2.05) is 0 Å². The highest BCUT2D eigenvalue weighted by Gasteiger charge is 1.89. The fourth-order valence-electron chi connectivity index (χ4n) is 1.74. The Morgan fingerprint density at radius 1 is 0.500 bits per heavy atom. The molecular weight excluding hydrogens is 168 g/mol. The third-order valence-corrected chi connectivity index (χ3v) is 2.66. The van der Waals surface area contributed by atoms with Gasteiger partial charge in [-0.25, -0.2) is 0 Å². The first-order valence-corrected chi connectivity index (χ1v) is 6.12. The van der Waals surface area contributed by atoms with Crippen LogP contribution in [0.5, 0.6) is 0 Å². The molecule has 0 saturated heterocycles. The van der Waals surface area contributed by atoms with Crippen LogP contribution in [0.3, 0.4) is 0 Å². The summed E-state index contributed by atoms with van der Waals surface area (Å²) in [6, 6.07) is 0. The van der Waals surface area contributed by atoms with Crippen molar-refractivity contribution in [3.8, 4) is 0 Å². The van der Waals surface area contributed by atoms with Gasteiger partial charge in [0.15, 0.2) is 0 Å². The maximum Gasteiger partial charge on any atom is -0.0319 e. The molecule has 0 heterocycles. The van der Waals surface area contributed by atoms with E-state index in [0.29, 0.717) is 0 Å². The van der Waals surface area contributed by atoms with Crippen molar-refractivity contribution in [3.05, 3.63) is 30.7 Å². The van der Waals surface area contributed by atoms with E-state index < -0.39 is 0 Å². The van der Waals surface area contributed by atoms with Crippen LogP contribution in [0.15, 0.2) is 24.3 Å². The molecule has 0 aromatic carbocycles. The fraction of sp³-hybridized carbons (Fsp3) is 0.643. The molecule has 0 aliphatic heterocycles. The Morgan fingerprint density at radius 3 is 1.64 bits per heavy atom. The van der Waals surface area contributed by atoms with Crippen molar-refractivity contribution in [2.75, 3.05) is 0 Å². The Balaban J connectivity index is 2.16. The van der Waals surface area contributed by atoms with Gasteiger partial charge in [0.25, 0.3) is 0 Å². The van der Waals surface area contributed by atoms with Gasteiger partial charge in [-0.2, -0.15) is 0 Å². The van der Waals surface area contributed by atoms with Gasteiger partial charge >= 0.3 is 0 Å². The summed E-state index contributed by atoms with van der Waals surface area (Å²) in [6.45, 7) is 0. The molecule has 1 rings (SSSR count). The summed E-state index contributed by atoms with van der Waals surface area (Å²) in [5.74, 6) is 0. The predicted molar refractivity (Wildman–Crippen MR) is 64.1 cm³/mol. The van der Waals surface area contributed by atoms with E-state index in [9.17, 15) is 0 Å². The quantitative estimate of drug-likeness (QED) is 0.481. The van der Waals surface area contributed by atoms with Gasteiger partial charge in [-0.05, 0) is 57.8 Å². The van der Waals surface area contributed by atoms with E-state index >= 15 is 0 Å². The first-order valence-electron chi connectivity index (χ1n) is 6.12. The zero-order valence-electron chi connectivity index (χ0n) is 9.25. The third-order valence-electron chi connectivity index (χ3n) is 2.66. The van der Waals surface area contributed by atoms with Gasteiger partial charge < -0.3 is 0 Å². The van der Waals surface area contributed by atoms with Gasteiger partial charge in [0.1, 0.15) is 0 Å². The number of hydrogen-bond donors (Lipinski definition) is 0. The van der Waals surface area contributed by atoms with Gasteiger partial charge in [-0.3, -0.25) is 0 Å². The molecule has 0 atom stereocenters. The van der Waals surface area contributed by atoms with E-state index in [1.54, 1.807) is 0 Å². The van der Waals surface area contributed by atoms with Crippen molar-refractivity contribution >= 4 is 0 Å². The lowest BCUT2D eigenvalue weighted by atomic mass is 10.1. The molecule has 0 N–H and O–H groups in total. The first-order chi connectivity index (χ1) is 7.00. The molecule has 0 bridgehead atoms. The van der Waals surface area contributed by atoms with Crippen molar-refractivity contribution in [2.45, 2.75) is 57.8 Å². The maximum atomic E-state index is 2.41. The summed E-state index contributed by atoms with van der Waals surface area (Å²) in [5, 5.41) is 0. The van der Waals surface area contributed by atoms with Crippen LogP contribution in [0.2, 0.25) is 0 Å². The van der Waals surface area contributed by atoms with Crippen molar-refractivity contribution < 1.29 is 0 Å². The normalized spacial score (nSPS) is 21.7. The maximum absolute atomic E-state index is 2.41. The summed E-state index contributed by atoms with van der Waals surface area (Å²) < 4.78 is 0. The average Bonchev–Trinajstić information content (AvgIpc) is 2.22. The number of allylic oxidation sites excluding steroid dienone is 4. The van der Waals surface area contributed by atoms with Gasteiger partial charge in [0.05, 0.1) is 0 Å². The smallest absolute Gasteiger partial charge is 0.0319 e. The standard InChI is InChI=1S/C14H23/c1-2-4-6-8-10-12-14-13-11-9-7-5-3-1/h1-2,5,12,14H,3-4,6-11,13H2. The van der Waals surface area contributed by atoms with E-state index in [4.69, 9.17) is 0 Å². The average molecular weight is 191 g/mol. The van der Waals surface area contributed by atoms with Gasteiger partial charge in [-0.1, -0.05) is 30.7 Å². The highest BCUT2D eigenvalue weighted by molar-refractivity contribution is 4.88. The second-order valence-corrected chi connectivity index (χ2v) is 4.04. The van der Waals surface area contributed by atoms with Crippen LogP contribution in [-0.4, -0.2) is 0 Å². The van der Waals surface area contributed by atoms with Crippen LogP contribution in [-0.2, 0) is 0 Å². The lowest BCUT2D eigenvalue weighted by Crippen LogP contribution is -1.79. The van der Waals surface area contributed by atoms with Crippen LogP contribution in [0.25, 0.3) is 0 Å². The second-order valence-electron chi connectivity index (χ2n) is 4.04. The Labute approximate surface area is 89.1 Å². The van der Waals surface area contributed by atoms with Crippen LogP contribution >= 0.6 is 0 Å². The van der Waals surface area contributed by atoms with Gasteiger partial charge in [0, 0.05) is 0 Å². The van der Waals surface area contributed by atoms with E-state index in [-0.39, 0.29) is 0 Å². The minimum Gasteiger partial charge on any atom is -0.0885 e. The molecule has 0 fully saturated rings. The molecule has 0 nitrogen and oxygen atoms in total. The van der Waals surface area contributed by atoms with Crippen LogP contribution in [0.1, 0.15) is 57.8 Å². The third kappa shape index (κ3) is 6.94. The van der Waals surface area contributed by atoms with Crippen molar-refractivity contribution in [1.29, 1.82) is 0 Å². The summed E-state index contributed by atoms with van der Waals surface area (Å²) in [6.07, 6.45) is 23.5. The lowest BCUT2D eigenvalue weighted by molar-refractivity contribution is 0.719. The Kier molecular flexibility index (Phi) is 7.47. The Hall–Kier alpha value is -0.520. The molecule has 0 aromatic heterocycles. The molecule has 0 amide bonds. The molecule has 1 aliphatic carbocycles. The molecule has 0 saturated carbocycles. The summed E-state index contributed by atoms with van der Waals surface area (Å²) in [5.41, 5.74) is 0. The van der Waals surface area contributed by atoms with Crippen LogP contribution < -0.4 is 0 Å². The molecule has 79 valence electrons. The molecule has 0 aromatic rings. The molecule has 14 heavy (non-hydrogen) atoms. The number of hydrogen-bond acceptors (Lipinski definition) is 0. The van der Waals surface area contributed by atoms with Crippen LogP contribution in [0.4, 0.5) is 0 Å². The van der Waals surface area contributed by atoms with E-state index in [1.165, 1.54) is 57.8 Å². The molecule has 0 spiro atoms. The molecule has 0 heteroatoms. The zero-order chi connectivity index (χ0) is 9.90. The summed E-state index contributed by atoms with van der Waals surface area (Å²) in [7, 11) is 0. The lowest BCUT2D eigenvalue weighted by Gasteiger charge is -1.98. The molecule has 0 unspecified atom stereocenters.